The molecule has 1 aromatic heterocycles. The number of aliphatic hydroxyl groups excluding tert-OH is 1. The molecule has 2 aromatic rings. The van der Waals surface area contributed by atoms with Gasteiger partial charge in [-0.1, -0.05) is 31.2 Å². The van der Waals surface area contributed by atoms with Crippen LogP contribution in [0.2, 0.25) is 0 Å². The first-order valence-corrected chi connectivity index (χ1v) is 9.52. The zero-order valence-electron chi connectivity index (χ0n) is 14.4. The van der Waals surface area contributed by atoms with Crippen LogP contribution in [0.3, 0.4) is 0 Å². The van der Waals surface area contributed by atoms with Crippen LogP contribution in [0.5, 0.6) is 0 Å². The number of rotatable bonds is 5. The van der Waals surface area contributed by atoms with Crippen molar-refractivity contribution in [2.24, 2.45) is 0 Å². The van der Waals surface area contributed by atoms with Crippen LogP contribution in [0.1, 0.15) is 40.6 Å². The summed E-state index contributed by atoms with van der Waals surface area (Å²) in [7, 11) is 0. The molecule has 4 heteroatoms. The number of ketones is 1. The Bertz CT molecular complexity index is 697. The molecule has 0 spiro atoms. The van der Waals surface area contributed by atoms with E-state index in [2.05, 4.69) is 36.1 Å². The number of nitrogens with zero attached hydrogens (tertiary/aromatic N) is 1. The van der Waals surface area contributed by atoms with Crippen LogP contribution in [-0.4, -0.2) is 41.5 Å². The number of carbonyl (C=O) groups is 1. The van der Waals surface area contributed by atoms with Gasteiger partial charge in [0.25, 0.3) is 0 Å². The fourth-order valence-electron chi connectivity index (χ4n) is 3.17. The third-order valence-corrected chi connectivity index (χ3v) is 5.89. The molecule has 0 bridgehead atoms. The van der Waals surface area contributed by atoms with E-state index in [9.17, 15) is 9.90 Å². The van der Waals surface area contributed by atoms with Crippen molar-refractivity contribution < 1.29 is 9.90 Å². The monoisotopic (exact) mass is 343 g/mol. The van der Waals surface area contributed by atoms with Crippen molar-refractivity contribution in [3.05, 3.63) is 46.3 Å². The maximum Gasteiger partial charge on any atom is 0.177 e. The molecule has 1 aliphatic heterocycles. The number of likely N-dealkylation sites (tertiary alicyclic amines) is 1. The summed E-state index contributed by atoms with van der Waals surface area (Å²) in [5.41, 5.74) is 3.36. The second-order valence-corrected chi connectivity index (χ2v) is 7.82. The first-order valence-electron chi connectivity index (χ1n) is 8.70. The average Bonchev–Trinajstić information content (AvgIpc) is 2.99. The van der Waals surface area contributed by atoms with E-state index in [0.29, 0.717) is 6.54 Å². The Hall–Kier alpha value is -1.49. The van der Waals surface area contributed by atoms with E-state index in [-0.39, 0.29) is 11.9 Å². The number of thiophene rings is 1. The van der Waals surface area contributed by atoms with Crippen LogP contribution < -0.4 is 0 Å². The fourth-order valence-corrected chi connectivity index (χ4v) is 4.21. The number of aryl methyl sites for hydroxylation is 2. The van der Waals surface area contributed by atoms with Gasteiger partial charge in [-0.05, 0) is 43.4 Å². The van der Waals surface area contributed by atoms with Crippen molar-refractivity contribution in [2.75, 3.05) is 19.6 Å². The van der Waals surface area contributed by atoms with Gasteiger partial charge in [0, 0.05) is 28.4 Å². The van der Waals surface area contributed by atoms with Gasteiger partial charge in [-0.15, -0.1) is 11.3 Å². The zero-order valence-corrected chi connectivity index (χ0v) is 15.2. The molecule has 1 saturated heterocycles. The highest BCUT2D eigenvalue weighted by Crippen LogP contribution is 2.31. The van der Waals surface area contributed by atoms with Crippen LogP contribution in [0.25, 0.3) is 10.4 Å². The summed E-state index contributed by atoms with van der Waals surface area (Å²) in [6.07, 6.45) is 2.38. The van der Waals surface area contributed by atoms with E-state index in [1.807, 2.05) is 13.0 Å². The van der Waals surface area contributed by atoms with Crippen LogP contribution in [0.15, 0.2) is 30.3 Å². The second-order valence-electron chi connectivity index (χ2n) is 6.56. The van der Waals surface area contributed by atoms with Gasteiger partial charge in [0.1, 0.15) is 0 Å². The topological polar surface area (TPSA) is 40.5 Å². The largest absolute Gasteiger partial charge is 0.393 e. The zero-order chi connectivity index (χ0) is 17.1. The lowest BCUT2D eigenvalue weighted by Gasteiger charge is -2.28. The number of piperidine rings is 1. The predicted octanol–water partition coefficient (Wildman–Crippen LogP) is 3.93. The third kappa shape index (κ3) is 3.94. The first kappa shape index (κ1) is 17.3. The molecule has 0 aliphatic carbocycles. The van der Waals surface area contributed by atoms with Crippen molar-refractivity contribution >= 4 is 17.1 Å². The van der Waals surface area contributed by atoms with E-state index in [1.165, 1.54) is 11.1 Å². The normalized spacial score (nSPS) is 16.5. The molecule has 0 saturated carbocycles. The van der Waals surface area contributed by atoms with Crippen LogP contribution in [0, 0.1) is 6.92 Å². The van der Waals surface area contributed by atoms with E-state index in [4.69, 9.17) is 0 Å². The number of aliphatic hydroxyl groups is 1. The highest BCUT2D eigenvalue weighted by Gasteiger charge is 2.21. The number of hydrogen-bond donors (Lipinski definition) is 1. The predicted molar refractivity (Wildman–Crippen MR) is 99.9 cm³/mol. The molecule has 0 atom stereocenters. The van der Waals surface area contributed by atoms with Gasteiger partial charge in [0.05, 0.1) is 12.6 Å². The van der Waals surface area contributed by atoms with Gasteiger partial charge in [-0.2, -0.15) is 0 Å². The molecule has 1 aromatic carbocycles. The van der Waals surface area contributed by atoms with Crippen LogP contribution in [0.4, 0.5) is 0 Å². The third-order valence-electron chi connectivity index (χ3n) is 4.79. The molecule has 24 heavy (non-hydrogen) atoms. The lowest BCUT2D eigenvalue weighted by atomic mass is 10.0. The average molecular weight is 343 g/mol. The highest BCUT2D eigenvalue weighted by atomic mass is 32.1. The molecule has 0 radical (unpaired) electrons. The Labute approximate surface area is 147 Å². The number of hydrogen-bond acceptors (Lipinski definition) is 4. The van der Waals surface area contributed by atoms with Crippen molar-refractivity contribution in [2.45, 2.75) is 39.2 Å². The van der Waals surface area contributed by atoms with Crippen LogP contribution in [-0.2, 0) is 6.42 Å². The van der Waals surface area contributed by atoms with Gasteiger partial charge in [-0.25, -0.2) is 0 Å². The minimum absolute atomic E-state index is 0.191. The van der Waals surface area contributed by atoms with E-state index >= 15 is 0 Å². The van der Waals surface area contributed by atoms with Gasteiger partial charge < -0.3 is 5.11 Å². The van der Waals surface area contributed by atoms with Gasteiger partial charge in [0.2, 0.25) is 0 Å². The summed E-state index contributed by atoms with van der Waals surface area (Å²) in [5, 5.41) is 9.58. The lowest BCUT2D eigenvalue weighted by Crippen LogP contribution is -2.39. The smallest absolute Gasteiger partial charge is 0.177 e. The Morgan fingerprint density at radius 3 is 2.54 bits per heavy atom. The van der Waals surface area contributed by atoms with E-state index < -0.39 is 0 Å². The quantitative estimate of drug-likeness (QED) is 0.837. The standard InChI is InChI=1S/C20H25NO2S/c1-3-15-4-6-16(7-5-15)20-12-18(14(2)24-20)19(23)13-21-10-8-17(22)9-11-21/h4-7,12,17,22H,3,8-11,13H2,1-2H3. The molecule has 0 unspecified atom stereocenters. The Morgan fingerprint density at radius 2 is 1.92 bits per heavy atom. The fraction of sp³-hybridized carbons (Fsp3) is 0.450. The molecular formula is C20H25NO2S. The minimum atomic E-state index is -0.197. The molecule has 0 amide bonds. The Balaban J connectivity index is 1.72. The van der Waals surface area contributed by atoms with Gasteiger partial charge >= 0.3 is 0 Å². The molecule has 1 aliphatic rings. The molecule has 3 nitrogen and oxygen atoms in total. The number of Topliss-reactive ketones (excluding diaryl/α,β-unsaturated/α-hetero) is 1. The van der Waals surface area contributed by atoms with Crippen molar-refractivity contribution in [1.82, 2.24) is 4.90 Å². The van der Waals surface area contributed by atoms with Crippen molar-refractivity contribution in [3.8, 4) is 10.4 Å². The summed E-state index contributed by atoms with van der Waals surface area (Å²) in [4.78, 5) is 17.1. The summed E-state index contributed by atoms with van der Waals surface area (Å²) >= 11 is 1.69. The molecule has 2 heterocycles. The van der Waals surface area contributed by atoms with Gasteiger partial charge in [0.15, 0.2) is 5.78 Å². The molecule has 1 N–H and O–H groups in total. The molecule has 1 fully saturated rings. The SMILES string of the molecule is CCc1ccc(-c2cc(C(=O)CN3CCC(O)CC3)c(C)s2)cc1. The summed E-state index contributed by atoms with van der Waals surface area (Å²) in [6, 6.07) is 10.6. The van der Waals surface area contributed by atoms with E-state index in [0.717, 1.165) is 47.7 Å². The lowest BCUT2D eigenvalue weighted by molar-refractivity contribution is 0.0711. The van der Waals surface area contributed by atoms with Crippen molar-refractivity contribution in [1.29, 1.82) is 0 Å². The van der Waals surface area contributed by atoms with Crippen molar-refractivity contribution in [3.63, 3.8) is 0 Å². The highest BCUT2D eigenvalue weighted by molar-refractivity contribution is 7.15. The Morgan fingerprint density at radius 1 is 1.25 bits per heavy atom. The van der Waals surface area contributed by atoms with Crippen LogP contribution >= 0.6 is 11.3 Å². The number of benzene rings is 1. The maximum atomic E-state index is 12.7. The molecular weight excluding hydrogens is 318 g/mol. The Kier molecular flexibility index (Phi) is 5.49. The second kappa shape index (κ2) is 7.60. The maximum absolute atomic E-state index is 12.7. The number of carbonyl (C=O) groups excluding carboxylic acids is 1. The van der Waals surface area contributed by atoms with E-state index in [1.54, 1.807) is 11.3 Å². The van der Waals surface area contributed by atoms with Gasteiger partial charge in [-0.3, -0.25) is 9.69 Å². The summed E-state index contributed by atoms with van der Waals surface area (Å²) in [6.45, 7) is 6.25. The minimum Gasteiger partial charge on any atom is -0.393 e. The summed E-state index contributed by atoms with van der Waals surface area (Å²) in [5.74, 6) is 0.191. The summed E-state index contributed by atoms with van der Waals surface area (Å²) < 4.78 is 0. The molecule has 128 valence electrons. The first-order chi connectivity index (χ1) is 11.6. The molecule has 3 rings (SSSR count).